The molecule has 0 aliphatic rings. The van der Waals surface area contributed by atoms with Crippen LogP contribution in [0.1, 0.15) is 0 Å². The number of anilines is 3. The molecule has 5 nitrogen and oxygen atoms in total. The zero-order valence-electron chi connectivity index (χ0n) is 9.45. The first-order chi connectivity index (χ1) is 8.58. The molecule has 1 aromatic heterocycles. The lowest BCUT2D eigenvalue weighted by molar-refractivity contribution is 0.398. The van der Waals surface area contributed by atoms with E-state index in [4.69, 9.17) is 22.1 Å². The summed E-state index contributed by atoms with van der Waals surface area (Å²) >= 11 is 9.34. The van der Waals surface area contributed by atoms with Gasteiger partial charge >= 0.3 is 0 Å². The molecule has 94 valence electrons. The first-order valence-electron chi connectivity index (χ1n) is 4.99. The van der Waals surface area contributed by atoms with Crippen LogP contribution in [0.25, 0.3) is 0 Å². The Hall–Kier alpha value is -1.53. The Balaban J connectivity index is 2.33. The van der Waals surface area contributed by atoms with Crippen LogP contribution in [0.4, 0.5) is 17.5 Å². The van der Waals surface area contributed by atoms with E-state index in [1.165, 1.54) is 7.11 Å². The van der Waals surface area contributed by atoms with Crippen molar-refractivity contribution in [1.29, 1.82) is 0 Å². The minimum atomic E-state index is 0.134. The number of ether oxygens (including phenoxy) is 1. The van der Waals surface area contributed by atoms with E-state index in [2.05, 4.69) is 31.2 Å². The van der Waals surface area contributed by atoms with E-state index in [0.717, 1.165) is 10.2 Å². The lowest BCUT2D eigenvalue weighted by Crippen LogP contribution is -2.02. The zero-order valence-corrected chi connectivity index (χ0v) is 11.8. The molecule has 2 aromatic rings. The Bertz CT molecular complexity index is 579. The normalized spacial score (nSPS) is 10.2. The van der Waals surface area contributed by atoms with E-state index in [9.17, 15) is 0 Å². The molecule has 0 saturated heterocycles. The van der Waals surface area contributed by atoms with Crippen LogP contribution in [-0.4, -0.2) is 17.1 Å². The maximum Gasteiger partial charge on any atom is 0.225 e. The molecular weight excluding hydrogens is 320 g/mol. The highest BCUT2D eigenvalue weighted by atomic mass is 79.9. The molecule has 0 amide bonds. The van der Waals surface area contributed by atoms with Gasteiger partial charge in [0.2, 0.25) is 11.8 Å². The Labute approximate surface area is 117 Å². The number of benzene rings is 1. The molecule has 1 heterocycles. The van der Waals surface area contributed by atoms with Crippen LogP contribution >= 0.6 is 27.5 Å². The van der Waals surface area contributed by atoms with E-state index in [-0.39, 0.29) is 5.95 Å². The molecule has 1 aromatic carbocycles. The van der Waals surface area contributed by atoms with Gasteiger partial charge in [-0.15, -0.1) is 0 Å². The molecule has 0 aliphatic heterocycles. The highest BCUT2D eigenvalue weighted by Gasteiger charge is 2.06. The zero-order chi connectivity index (χ0) is 13.1. The van der Waals surface area contributed by atoms with Crippen molar-refractivity contribution in [2.75, 3.05) is 18.2 Å². The predicted molar refractivity (Wildman–Crippen MR) is 75.4 cm³/mol. The minimum Gasteiger partial charge on any atom is -0.481 e. The summed E-state index contributed by atoms with van der Waals surface area (Å²) in [7, 11) is 1.51. The Morgan fingerprint density at radius 2 is 2.11 bits per heavy atom. The van der Waals surface area contributed by atoms with Crippen LogP contribution in [-0.2, 0) is 0 Å². The van der Waals surface area contributed by atoms with Crippen LogP contribution in [0.2, 0.25) is 5.02 Å². The molecule has 7 heteroatoms. The third-order valence-electron chi connectivity index (χ3n) is 2.12. The van der Waals surface area contributed by atoms with Crippen molar-refractivity contribution in [3.63, 3.8) is 0 Å². The molecule has 0 fully saturated rings. The number of aromatic nitrogens is 2. The largest absolute Gasteiger partial charge is 0.481 e. The monoisotopic (exact) mass is 328 g/mol. The number of methoxy groups -OCH3 is 1. The van der Waals surface area contributed by atoms with Gasteiger partial charge in [0.25, 0.3) is 0 Å². The van der Waals surface area contributed by atoms with Crippen LogP contribution in [0.15, 0.2) is 28.7 Å². The van der Waals surface area contributed by atoms with Crippen molar-refractivity contribution in [3.05, 3.63) is 33.8 Å². The number of hydrogen-bond acceptors (Lipinski definition) is 5. The highest BCUT2D eigenvalue weighted by molar-refractivity contribution is 9.10. The van der Waals surface area contributed by atoms with E-state index >= 15 is 0 Å². The molecule has 0 saturated carbocycles. The predicted octanol–water partition coefficient (Wildman–Crippen LogP) is 3.23. The summed E-state index contributed by atoms with van der Waals surface area (Å²) < 4.78 is 5.88. The standard InChI is InChI=1S/C11H10BrClN4O/c1-18-10-5-9(16-11(14)17-10)15-8-4-6(13)2-3-7(8)12/h2-5H,1H3,(H3,14,15,16,17). The van der Waals surface area contributed by atoms with Gasteiger partial charge in [-0.25, -0.2) is 0 Å². The maximum atomic E-state index is 5.93. The second-order valence-electron chi connectivity index (χ2n) is 3.40. The van der Waals surface area contributed by atoms with Crippen LogP contribution in [0.5, 0.6) is 5.88 Å². The average molecular weight is 330 g/mol. The van der Waals surface area contributed by atoms with Gasteiger partial charge in [-0.2, -0.15) is 9.97 Å². The number of halogens is 2. The summed E-state index contributed by atoms with van der Waals surface area (Å²) in [5.41, 5.74) is 6.36. The maximum absolute atomic E-state index is 5.93. The Morgan fingerprint density at radius 3 is 2.83 bits per heavy atom. The lowest BCUT2D eigenvalue weighted by Gasteiger charge is -2.09. The van der Waals surface area contributed by atoms with Gasteiger partial charge in [-0.3, -0.25) is 0 Å². The second kappa shape index (κ2) is 5.41. The summed E-state index contributed by atoms with van der Waals surface area (Å²) in [5, 5.41) is 3.71. The highest BCUT2D eigenvalue weighted by Crippen LogP contribution is 2.29. The van der Waals surface area contributed by atoms with Crippen molar-refractivity contribution in [1.82, 2.24) is 9.97 Å². The fraction of sp³-hybridized carbons (Fsp3) is 0.0909. The number of hydrogen-bond donors (Lipinski definition) is 2. The molecule has 0 bridgehead atoms. The van der Waals surface area contributed by atoms with Gasteiger partial charge in [-0.1, -0.05) is 11.6 Å². The van der Waals surface area contributed by atoms with Crippen molar-refractivity contribution in [3.8, 4) is 5.88 Å². The van der Waals surface area contributed by atoms with Gasteiger partial charge in [0.1, 0.15) is 5.82 Å². The third kappa shape index (κ3) is 3.02. The van der Waals surface area contributed by atoms with E-state index in [1.54, 1.807) is 18.2 Å². The molecule has 0 spiro atoms. The summed E-state index contributed by atoms with van der Waals surface area (Å²) in [6.07, 6.45) is 0. The molecule has 0 aliphatic carbocycles. The number of nitrogens with one attached hydrogen (secondary N) is 1. The summed E-state index contributed by atoms with van der Waals surface area (Å²) in [5.74, 6) is 1.06. The minimum absolute atomic E-state index is 0.134. The number of nitrogen functional groups attached to an aromatic ring is 1. The summed E-state index contributed by atoms with van der Waals surface area (Å²) in [4.78, 5) is 7.96. The van der Waals surface area contributed by atoms with E-state index in [1.807, 2.05) is 6.07 Å². The third-order valence-corrected chi connectivity index (χ3v) is 3.05. The lowest BCUT2D eigenvalue weighted by atomic mass is 10.3. The summed E-state index contributed by atoms with van der Waals surface area (Å²) in [6, 6.07) is 7.04. The molecular formula is C11H10BrClN4O. The Morgan fingerprint density at radius 1 is 1.33 bits per heavy atom. The fourth-order valence-electron chi connectivity index (χ4n) is 1.34. The SMILES string of the molecule is COc1cc(Nc2cc(Cl)ccc2Br)nc(N)n1. The molecule has 0 radical (unpaired) electrons. The van der Waals surface area contributed by atoms with Crippen molar-refractivity contribution < 1.29 is 4.74 Å². The molecule has 2 rings (SSSR count). The topological polar surface area (TPSA) is 73.1 Å². The van der Waals surface area contributed by atoms with Gasteiger partial charge in [-0.05, 0) is 34.1 Å². The van der Waals surface area contributed by atoms with Gasteiger partial charge < -0.3 is 15.8 Å². The first kappa shape index (κ1) is 12.9. The Kier molecular flexibility index (Phi) is 3.88. The number of rotatable bonds is 3. The van der Waals surface area contributed by atoms with Crippen molar-refractivity contribution in [2.45, 2.75) is 0 Å². The van der Waals surface area contributed by atoms with Crippen molar-refractivity contribution in [2.24, 2.45) is 0 Å². The van der Waals surface area contributed by atoms with Crippen molar-refractivity contribution >= 4 is 45.0 Å². The first-order valence-corrected chi connectivity index (χ1v) is 6.16. The van der Waals surface area contributed by atoms with E-state index < -0.39 is 0 Å². The molecule has 0 atom stereocenters. The smallest absolute Gasteiger partial charge is 0.225 e. The van der Waals surface area contributed by atoms with Gasteiger partial charge in [0.15, 0.2) is 0 Å². The number of nitrogens with two attached hydrogens (primary N) is 1. The molecule has 0 unspecified atom stereocenters. The second-order valence-corrected chi connectivity index (χ2v) is 4.69. The van der Waals surface area contributed by atoms with Crippen LogP contribution in [0.3, 0.4) is 0 Å². The van der Waals surface area contributed by atoms with Gasteiger partial charge in [0, 0.05) is 15.6 Å². The van der Waals surface area contributed by atoms with Crippen LogP contribution < -0.4 is 15.8 Å². The van der Waals surface area contributed by atoms with Gasteiger partial charge in [0.05, 0.1) is 12.8 Å². The number of nitrogens with zero attached hydrogens (tertiary/aromatic N) is 2. The summed E-state index contributed by atoms with van der Waals surface area (Å²) in [6.45, 7) is 0. The van der Waals surface area contributed by atoms with Crippen LogP contribution in [0, 0.1) is 0 Å². The quantitative estimate of drug-likeness (QED) is 0.904. The molecule has 3 N–H and O–H groups in total. The van der Waals surface area contributed by atoms with E-state index in [0.29, 0.717) is 16.7 Å². The fourth-order valence-corrected chi connectivity index (χ4v) is 1.86. The molecule has 18 heavy (non-hydrogen) atoms. The average Bonchev–Trinajstić information content (AvgIpc) is 2.33.